The zero-order valence-electron chi connectivity index (χ0n) is 19.8. The first-order valence-corrected chi connectivity index (χ1v) is 12.0. The van der Waals surface area contributed by atoms with Gasteiger partial charge in [0.1, 0.15) is 11.6 Å². The van der Waals surface area contributed by atoms with Gasteiger partial charge in [-0.1, -0.05) is 28.9 Å². The zero-order chi connectivity index (χ0) is 23.5. The van der Waals surface area contributed by atoms with E-state index in [1.165, 1.54) is 23.3 Å². The smallest absolute Gasteiger partial charge is 0.233 e. The summed E-state index contributed by atoms with van der Waals surface area (Å²) in [6.07, 6.45) is 6.05. The molecule has 0 radical (unpaired) electrons. The molecule has 3 aliphatic carbocycles. The van der Waals surface area contributed by atoms with Crippen LogP contribution in [0, 0.1) is 19.7 Å². The largest absolute Gasteiger partial charge is 0.338 e. The van der Waals surface area contributed by atoms with Gasteiger partial charge in [0.05, 0.1) is 0 Å². The van der Waals surface area contributed by atoms with E-state index in [-0.39, 0.29) is 16.6 Å². The second-order valence-corrected chi connectivity index (χ2v) is 10.2. The van der Waals surface area contributed by atoms with E-state index in [9.17, 15) is 4.39 Å². The summed E-state index contributed by atoms with van der Waals surface area (Å²) in [7, 11) is 2.10. The fraction of sp³-hybridized carbons (Fsp3) is 0.407. The molecule has 0 aliphatic heterocycles. The normalized spacial score (nSPS) is 24.0. The number of hydrogen-bond acceptors (Lipinski definition) is 5. The first-order chi connectivity index (χ1) is 16.4. The van der Waals surface area contributed by atoms with Crippen LogP contribution < -0.4 is 0 Å². The molecule has 3 aliphatic rings. The quantitative estimate of drug-likeness (QED) is 0.386. The lowest BCUT2D eigenvalue weighted by Gasteiger charge is -2.51. The molecule has 7 rings (SSSR count). The average Bonchev–Trinajstić information content (AvgIpc) is 3.49. The Bertz CT molecular complexity index is 1350. The number of hydrogen-bond donors (Lipinski definition) is 0. The van der Waals surface area contributed by atoms with Crippen molar-refractivity contribution in [1.82, 2.24) is 24.9 Å². The third-order valence-electron chi connectivity index (χ3n) is 8.20. The van der Waals surface area contributed by atoms with Gasteiger partial charge < -0.3 is 9.09 Å². The second kappa shape index (κ2) is 7.58. The van der Waals surface area contributed by atoms with E-state index in [4.69, 9.17) is 14.6 Å². The van der Waals surface area contributed by atoms with Crippen molar-refractivity contribution in [2.75, 3.05) is 0 Å². The molecule has 2 heterocycles. The van der Waals surface area contributed by atoms with Gasteiger partial charge in [-0.25, -0.2) is 4.39 Å². The second-order valence-electron chi connectivity index (χ2n) is 10.2. The van der Waals surface area contributed by atoms with Crippen LogP contribution in [0.1, 0.15) is 61.4 Å². The maximum absolute atomic E-state index is 13.3. The fourth-order valence-corrected chi connectivity index (χ4v) is 6.09. The summed E-state index contributed by atoms with van der Waals surface area (Å²) >= 11 is 0. The SMILES string of the molecule is Cc1ccc(-c2nnc(C34CCC(c5nc(-c6ccc(F)cc6)no5)(CC3)CC4)n2C)c(C)c1. The number of fused-ring (bicyclic) bond motifs is 3. The highest BCUT2D eigenvalue weighted by Crippen LogP contribution is 2.58. The monoisotopic (exact) mass is 457 g/mol. The van der Waals surface area contributed by atoms with Crippen molar-refractivity contribution in [2.24, 2.45) is 7.05 Å². The molecule has 0 amide bonds. The first-order valence-electron chi connectivity index (χ1n) is 12.0. The summed E-state index contributed by atoms with van der Waals surface area (Å²) in [5.74, 6) is 3.00. The molecule has 0 N–H and O–H groups in total. The van der Waals surface area contributed by atoms with Crippen molar-refractivity contribution < 1.29 is 8.91 Å². The molecule has 0 atom stereocenters. The Morgan fingerprint density at radius 1 is 0.882 bits per heavy atom. The van der Waals surface area contributed by atoms with Crippen molar-refractivity contribution >= 4 is 0 Å². The van der Waals surface area contributed by atoms with Crippen LogP contribution in [0.15, 0.2) is 47.0 Å². The predicted octanol–water partition coefficient (Wildman–Crippen LogP) is 5.83. The molecule has 0 unspecified atom stereocenters. The average molecular weight is 458 g/mol. The Hall–Kier alpha value is -3.35. The Morgan fingerprint density at radius 3 is 2.24 bits per heavy atom. The molecule has 2 bridgehead atoms. The molecule has 0 saturated heterocycles. The van der Waals surface area contributed by atoms with Crippen molar-refractivity contribution in [3.63, 3.8) is 0 Å². The van der Waals surface area contributed by atoms with Crippen LogP contribution in [0.2, 0.25) is 0 Å². The van der Waals surface area contributed by atoms with Gasteiger partial charge >= 0.3 is 0 Å². The van der Waals surface area contributed by atoms with E-state index in [2.05, 4.69) is 53.9 Å². The molecule has 6 nitrogen and oxygen atoms in total. The van der Waals surface area contributed by atoms with Gasteiger partial charge in [-0.2, -0.15) is 4.98 Å². The molecule has 0 spiro atoms. The van der Waals surface area contributed by atoms with Crippen molar-refractivity contribution in [3.8, 4) is 22.8 Å². The Morgan fingerprint density at radius 2 is 1.56 bits per heavy atom. The summed E-state index contributed by atoms with van der Waals surface area (Å²) < 4.78 is 21.3. The number of rotatable bonds is 4. The van der Waals surface area contributed by atoms with E-state index >= 15 is 0 Å². The minimum Gasteiger partial charge on any atom is -0.338 e. The lowest BCUT2D eigenvalue weighted by molar-refractivity contribution is 0.0689. The van der Waals surface area contributed by atoms with Crippen LogP contribution in [-0.2, 0) is 17.9 Å². The van der Waals surface area contributed by atoms with E-state index < -0.39 is 0 Å². The van der Waals surface area contributed by atoms with E-state index in [0.29, 0.717) is 11.7 Å². The van der Waals surface area contributed by atoms with E-state index in [1.807, 2.05) is 0 Å². The number of aryl methyl sites for hydroxylation is 2. The molecular weight excluding hydrogens is 429 g/mol. The van der Waals surface area contributed by atoms with Gasteiger partial charge in [-0.15, -0.1) is 10.2 Å². The standard InChI is InChI=1S/C27H28FN5O/c1-17-4-9-21(18(2)16-17)23-30-31-24(33(23)3)26-10-13-27(14-11-26,15-12-26)25-29-22(32-34-25)19-5-7-20(28)8-6-19/h4-9,16H,10-15H2,1-3H3. The summed E-state index contributed by atoms with van der Waals surface area (Å²) in [6, 6.07) is 12.7. The molecule has 34 heavy (non-hydrogen) atoms. The maximum atomic E-state index is 13.3. The molecule has 174 valence electrons. The Labute approximate surface area is 198 Å². The van der Waals surface area contributed by atoms with Crippen molar-refractivity contribution in [3.05, 3.63) is 71.1 Å². The van der Waals surface area contributed by atoms with Gasteiger partial charge in [0.2, 0.25) is 11.7 Å². The zero-order valence-corrected chi connectivity index (χ0v) is 19.8. The molecule has 2 aromatic heterocycles. The summed E-state index contributed by atoms with van der Waals surface area (Å²) in [5, 5.41) is 13.6. The number of aromatic nitrogens is 5. The van der Waals surface area contributed by atoms with E-state index in [1.54, 1.807) is 12.1 Å². The third kappa shape index (κ3) is 3.21. The van der Waals surface area contributed by atoms with Crippen LogP contribution in [0.5, 0.6) is 0 Å². The van der Waals surface area contributed by atoms with E-state index in [0.717, 1.165) is 61.3 Å². The molecular formula is C27H28FN5O. The molecule has 7 heteroatoms. The first kappa shape index (κ1) is 21.2. The van der Waals surface area contributed by atoms with Crippen molar-refractivity contribution in [2.45, 2.75) is 63.2 Å². The van der Waals surface area contributed by atoms with Gasteiger partial charge in [0.25, 0.3) is 0 Å². The van der Waals surface area contributed by atoms with Crippen LogP contribution in [0.4, 0.5) is 4.39 Å². The summed E-state index contributed by atoms with van der Waals surface area (Å²) in [6.45, 7) is 4.25. The summed E-state index contributed by atoms with van der Waals surface area (Å²) in [4.78, 5) is 4.74. The highest BCUT2D eigenvalue weighted by atomic mass is 19.1. The lowest BCUT2D eigenvalue weighted by atomic mass is 9.53. The maximum Gasteiger partial charge on any atom is 0.233 e. The van der Waals surface area contributed by atoms with Crippen molar-refractivity contribution in [1.29, 1.82) is 0 Å². The minimum absolute atomic E-state index is 0.0418. The van der Waals surface area contributed by atoms with Crippen LogP contribution >= 0.6 is 0 Å². The number of benzene rings is 2. The fourth-order valence-electron chi connectivity index (χ4n) is 6.09. The van der Waals surface area contributed by atoms with Gasteiger partial charge in [-0.3, -0.25) is 0 Å². The topological polar surface area (TPSA) is 69.6 Å². The Kier molecular flexibility index (Phi) is 4.73. The highest BCUT2D eigenvalue weighted by Gasteiger charge is 2.54. The van der Waals surface area contributed by atoms with Gasteiger partial charge in [0, 0.05) is 29.0 Å². The molecule has 3 saturated carbocycles. The lowest BCUT2D eigenvalue weighted by Crippen LogP contribution is -2.47. The van der Waals surface area contributed by atoms with Gasteiger partial charge in [0.15, 0.2) is 5.82 Å². The minimum atomic E-state index is -0.272. The predicted molar refractivity (Wildman–Crippen MR) is 127 cm³/mol. The molecule has 3 fully saturated rings. The number of halogens is 1. The summed E-state index contributed by atoms with van der Waals surface area (Å²) in [5.41, 5.74) is 4.35. The molecule has 2 aromatic carbocycles. The Balaban J connectivity index is 1.26. The molecule has 4 aromatic rings. The third-order valence-corrected chi connectivity index (χ3v) is 8.20. The van der Waals surface area contributed by atoms with Gasteiger partial charge in [-0.05, 0) is 82.2 Å². The van der Waals surface area contributed by atoms with Crippen LogP contribution in [0.3, 0.4) is 0 Å². The van der Waals surface area contributed by atoms with Crippen LogP contribution in [0.25, 0.3) is 22.8 Å². The number of nitrogens with zero attached hydrogens (tertiary/aromatic N) is 5. The van der Waals surface area contributed by atoms with Crippen LogP contribution in [-0.4, -0.2) is 24.9 Å². The highest BCUT2D eigenvalue weighted by molar-refractivity contribution is 5.61.